The predicted molar refractivity (Wildman–Crippen MR) is 147 cm³/mol. The second kappa shape index (κ2) is 9.00. The Morgan fingerprint density at radius 3 is 2.56 bits per heavy atom. The Balaban J connectivity index is 1.46. The summed E-state index contributed by atoms with van der Waals surface area (Å²) in [7, 11) is 4.09. The van der Waals surface area contributed by atoms with E-state index in [9.17, 15) is 0 Å². The van der Waals surface area contributed by atoms with Crippen molar-refractivity contribution in [3.8, 4) is 17.4 Å². The highest BCUT2D eigenvalue weighted by Gasteiger charge is 2.23. The second-order valence-corrected chi connectivity index (χ2v) is 9.41. The number of pyridine rings is 2. The Morgan fingerprint density at radius 2 is 1.75 bits per heavy atom. The molecular weight excluding hydrogens is 444 g/mol. The number of nitrogens with zero attached hydrogens (tertiary/aromatic N) is 4. The average molecular weight is 473 g/mol. The van der Waals surface area contributed by atoms with Gasteiger partial charge in [0.1, 0.15) is 11.6 Å². The summed E-state index contributed by atoms with van der Waals surface area (Å²) in [4.78, 5) is 11.3. The lowest BCUT2D eigenvalue weighted by molar-refractivity contribution is 0.463. The molecular formula is C31H28N4O. The summed E-state index contributed by atoms with van der Waals surface area (Å²) >= 11 is 0. The standard InChI is InChI=1S/C31H28N4O/c1-21-17-24(34(2)3)20-33-31(21)35-28-12-5-4-11-26(28)27-15-14-23(19-29(27)35)22-9-8-10-25(18-22)36-30-13-6-7-16-32-30/h4-13,16-20H,14-15H2,1-3H3. The van der Waals surface area contributed by atoms with Gasteiger partial charge >= 0.3 is 0 Å². The number of fused-ring (bicyclic) bond motifs is 3. The molecule has 36 heavy (non-hydrogen) atoms. The van der Waals surface area contributed by atoms with Gasteiger partial charge in [0, 0.05) is 31.7 Å². The molecule has 0 spiro atoms. The summed E-state index contributed by atoms with van der Waals surface area (Å²) in [5.41, 5.74) is 8.49. The van der Waals surface area contributed by atoms with E-state index in [0.29, 0.717) is 5.88 Å². The summed E-state index contributed by atoms with van der Waals surface area (Å²) < 4.78 is 8.34. The molecule has 0 aliphatic heterocycles. The third-order valence-electron chi connectivity index (χ3n) is 6.80. The molecule has 0 bridgehead atoms. The maximum absolute atomic E-state index is 6.01. The van der Waals surface area contributed by atoms with Crippen LogP contribution in [0.25, 0.3) is 28.4 Å². The molecule has 0 unspecified atom stereocenters. The van der Waals surface area contributed by atoms with E-state index in [0.717, 1.165) is 35.7 Å². The third kappa shape index (κ3) is 3.93. The van der Waals surface area contributed by atoms with Gasteiger partial charge in [0.15, 0.2) is 0 Å². The summed E-state index contributed by atoms with van der Waals surface area (Å²) in [6.07, 6.45) is 7.98. The van der Waals surface area contributed by atoms with E-state index in [1.54, 1.807) is 6.20 Å². The number of ether oxygens (including phenoxy) is 1. The molecule has 0 fully saturated rings. The summed E-state index contributed by atoms with van der Waals surface area (Å²) in [5, 5.41) is 1.30. The van der Waals surface area contributed by atoms with Crippen molar-refractivity contribution >= 4 is 28.2 Å². The van der Waals surface area contributed by atoms with E-state index in [2.05, 4.69) is 69.9 Å². The molecule has 3 aromatic heterocycles. The number of allylic oxidation sites excluding steroid dienone is 1. The lowest BCUT2D eigenvalue weighted by Gasteiger charge is -2.19. The Hall–Kier alpha value is -4.38. The second-order valence-electron chi connectivity index (χ2n) is 9.41. The van der Waals surface area contributed by atoms with Crippen molar-refractivity contribution in [3.05, 3.63) is 108 Å². The topological polar surface area (TPSA) is 43.2 Å². The largest absolute Gasteiger partial charge is 0.439 e. The van der Waals surface area contributed by atoms with Gasteiger partial charge in [-0.25, -0.2) is 9.97 Å². The van der Waals surface area contributed by atoms with Gasteiger partial charge in [0.2, 0.25) is 5.88 Å². The molecule has 1 aliphatic carbocycles. The Kier molecular flexibility index (Phi) is 5.53. The van der Waals surface area contributed by atoms with Crippen molar-refractivity contribution in [2.75, 3.05) is 19.0 Å². The van der Waals surface area contributed by atoms with Crippen LogP contribution in [0.1, 0.15) is 28.8 Å². The van der Waals surface area contributed by atoms with E-state index < -0.39 is 0 Å². The van der Waals surface area contributed by atoms with Crippen molar-refractivity contribution in [2.45, 2.75) is 19.8 Å². The fourth-order valence-corrected chi connectivity index (χ4v) is 5.01. The van der Waals surface area contributed by atoms with Crippen LogP contribution in [0.4, 0.5) is 5.69 Å². The molecule has 0 N–H and O–H groups in total. The van der Waals surface area contributed by atoms with E-state index in [4.69, 9.17) is 9.72 Å². The molecule has 0 atom stereocenters. The van der Waals surface area contributed by atoms with Crippen LogP contribution >= 0.6 is 0 Å². The van der Waals surface area contributed by atoms with Gasteiger partial charge in [-0.15, -0.1) is 0 Å². The zero-order valence-electron chi connectivity index (χ0n) is 20.8. The number of rotatable bonds is 5. The van der Waals surface area contributed by atoms with E-state index in [1.165, 1.54) is 33.3 Å². The first-order valence-corrected chi connectivity index (χ1v) is 12.2. The Bertz CT molecular complexity index is 1600. The molecule has 5 nitrogen and oxygen atoms in total. The first kappa shape index (κ1) is 22.1. The van der Waals surface area contributed by atoms with E-state index in [-0.39, 0.29) is 0 Å². The molecule has 5 aromatic rings. The molecule has 5 heteroatoms. The lowest BCUT2D eigenvalue weighted by atomic mass is 9.91. The predicted octanol–water partition coefficient (Wildman–Crippen LogP) is 7.07. The van der Waals surface area contributed by atoms with Gasteiger partial charge in [0.25, 0.3) is 0 Å². The summed E-state index contributed by atoms with van der Waals surface area (Å²) in [5.74, 6) is 2.36. The van der Waals surface area contributed by atoms with Gasteiger partial charge in [0.05, 0.1) is 23.1 Å². The molecule has 0 amide bonds. The van der Waals surface area contributed by atoms with Gasteiger partial charge in [-0.2, -0.15) is 0 Å². The molecule has 0 saturated heterocycles. The highest BCUT2D eigenvalue weighted by molar-refractivity contribution is 5.95. The van der Waals surface area contributed by atoms with E-state index >= 15 is 0 Å². The number of hydrogen-bond acceptors (Lipinski definition) is 4. The highest BCUT2D eigenvalue weighted by Crippen LogP contribution is 2.39. The molecule has 6 rings (SSSR count). The van der Waals surface area contributed by atoms with E-state index in [1.807, 2.05) is 50.6 Å². The molecule has 2 aromatic carbocycles. The minimum atomic E-state index is 0.595. The Labute approximate surface area is 211 Å². The van der Waals surface area contributed by atoms with Crippen molar-refractivity contribution in [1.29, 1.82) is 0 Å². The quantitative estimate of drug-likeness (QED) is 0.274. The number of benzene rings is 2. The maximum Gasteiger partial charge on any atom is 0.219 e. The number of aromatic nitrogens is 3. The van der Waals surface area contributed by atoms with Crippen LogP contribution in [-0.4, -0.2) is 28.6 Å². The molecule has 0 saturated carbocycles. The summed E-state index contributed by atoms with van der Waals surface area (Å²) in [6.45, 7) is 2.14. The van der Waals surface area contributed by atoms with Gasteiger partial charge in [-0.1, -0.05) is 36.4 Å². The highest BCUT2D eigenvalue weighted by atomic mass is 16.5. The zero-order valence-corrected chi connectivity index (χ0v) is 20.8. The van der Waals surface area contributed by atoms with Crippen LogP contribution < -0.4 is 9.64 Å². The normalized spacial score (nSPS) is 12.8. The van der Waals surface area contributed by atoms with Crippen molar-refractivity contribution in [2.24, 2.45) is 0 Å². The fraction of sp³-hybridized carbons (Fsp3) is 0.161. The summed E-state index contributed by atoms with van der Waals surface area (Å²) in [6, 6.07) is 24.8. The van der Waals surface area contributed by atoms with Crippen molar-refractivity contribution in [3.63, 3.8) is 0 Å². The minimum Gasteiger partial charge on any atom is -0.439 e. The van der Waals surface area contributed by atoms with Crippen molar-refractivity contribution in [1.82, 2.24) is 14.5 Å². The first-order chi connectivity index (χ1) is 17.6. The number of anilines is 1. The van der Waals surface area contributed by atoms with Crippen LogP contribution in [0.3, 0.4) is 0 Å². The maximum atomic E-state index is 6.01. The molecule has 1 aliphatic rings. The van der Waals surface area contributed by atoms with Gasteiger partial charge in [-0.3, -0.25) is 4.57 Å². The monoisotopic (exact) mass is 472 g/mol. The van der Waals surface area contributed by atoms with Crippen LogP contribution in [-0.2, 0) is 6.42 Å². The van der Waals surface area contributed by atoms with Crippen molar-refractivity contribution < 1.29 is 4.74 Å². The first-order valence-electron chi connectivity index (χ1n) is 12.2. The molecule has 0 radical (unpaired) electrons. The minimum absolute atomic E-state index is 0.595. The number of aryl methyl sites for hydroxylation is 2. The average Bonchev–Trinajstić information content (AvgIpc) is 3.23. The van der Waals surface area contributed by atoms with Gasteiger partial charge in [-0.05, 0) is 78.4 Å². The number of para-hydroxylation sites is 1. The van der Waals surface area contributed by atoms with Crippen LogP contribution in [0.5, 0.6) is 11.6 Å². The fourth-order valence-electron chi connectivity index (χ4n) is 5.01. The Morgan fingerprint density at radius 1 is 0.889 bits per heavy atom. The SMILES string of the molecule is Cc1cc(N(C)C)cnc1-n1c2c(c3ccccc31)CCC(c1cccc(Oc3ccccn3)c1)=C2. The smallest absolute Gasteiger partial charge is 0.219 e. The molecule has 178 valence electrons. The molecule has 3 heterocycles. The lowest BCUT2D eigenvalue weighted by Crippen LogP contribution is -2.11. The third-order valence-corrected chi connectivity index (χ3v) is 6.80. The van der Waals surface area contributed by atoms with Crippen LogP contribution in [0.15, 0.2) is 85.2 Å². The van der Waals surface area contributed by atoms with Gasteiger partial charge < -0.3 is 9.64 Å². The van der Waals surface area contributed by atoms with Crippen LogP contribution in [0, 0.1) is 6.92 Å². The van der Waals surface area contributed by atoms with Crippen LogP contribution in [0.2, 0.25) is 0 Å². The number of hydrogen-bond donors (Lipinski definition) is 0. The zero-order chi connectivity index (χ0) is 24.6.